The highest BCUT2D eigenvalue weighted by Gasteiger charge is 2.27. The molecule has 0 saturated carbocycles. The van der Waals surface area contributed by atoms with Crippen LogP contribution in [0.25, 0.3) is 0 Å². The Kier molecular flexibility index (Phi) is 6.16. The van der Waals surface area contributed by atoms with Gasteiger partial charge in [0.2, 0.25) is 0 Å². The Morgan fingerprint density at radius 1 is 1.22 bits per heavy atom. The van der Waals surface area contributed by atoms with Crippen LogP contribution in [0.5, 0.6) is 0 Å². The van der Waals surface area contributed by atoms with Crippen LogP contribution in [0.4, 0.5) is 5.69 Å². The van der Waals surface area contributed by atoms with Gasteiger partial charge in [-0.1, -0.05) is 37.6 Å². The SMILES string of the molecule is CC(C)CCNC(=O)c1nc(C(=O)Nc2ccccc2Cl)c2n1CCCC2. The maximum absolute atomic E-state index is 12.8. The Morgan fingerprint density at radius 3 is 2.74 bits per heavy atom. The fraction of sp³-hybridized carbons (Fsp3) is 0.450. The van der Waals surface area contributed by atoms with Crippen molar-refractivity contribution in [2.45, 2.75) is 46.1 Å². The molecule has 144 valence electrons. The number of carbonyl (C=O) groups excluding carboxylic acids is 2. The second-order valence-corrected chi connectivity index (χ2v) is 7.62. The molecule has 0 radical (unpaired) electrons. The van der Waals surface area contributed by atoms with Gasteiger partial charge in [-0.2, -0.15) is 0 Å². The molecule has 0 spiro atoms. The van der Waals surface area contributed by atoms with Gasteiger partial charge in [0.1, 0.15) is 0 Å². The first-order chi connectivity index (χ1) is 13.0. The number of nitrogens with one attached hydrogen (secondary N) is 2. The highest BCUT2D eigenvalue weighted by molar-refractivity contribution is 6.33. The molecule has 0 aliphatic carbocycles. The molecule has 1 aromatic heterocycles. The van der Waals surface area contributed by atoms with Crippen molar-refractivity contribution >= 4 is 29.1 Å². The number of nitrogens with zero attached hydrogens (tertiary/aromatic N) is 2. The average molecular weight is 389 g/mol. The number of fused-ring (bicyclic) bond motifs is 1. The summed E-state index contributed by atoms with van der Waals surface area (Å²) in [6.45, 7) is 5.52. The van der Waals surface area contributed by atoms with Crippen molar-refractivity contribution in [3.63, 3.8) is 0 Å². The Labute approximate surface area is 164 Å². The van der Waals surface area contributed by atoms with Gasteiger partial charge in [0.05, 0.1) is 16.4 Å². The Morgan fingerprint density at radius 2 is 2.00 bits per heavy atom. The number of aromatic nitrogens is 2. The highest BCUT2D eigenvalue weighted by Crippen LogP contribution is 2.24. The number of halogens is 1. The summed E-state index contributed by atoms with van der Waals surface area (Å²) in [6, 6.07) is 7.06. The number of amides is 2. The minimum atomic E-state index is -0.338. The molecule has 27 heavy (non-hydrogen) atoms. The van der Waals surface area contributed by atoms with Crippen LogP contribution in [-0.4, -0.2) is 27.9 Å². The van der Waals surface area contributed by atoms with Crippen molar-refractivity contribution in [2.75, 3.05) is 11.9 Å². The predicted octanol–water partition coefficient (Wildman–Crippen LogP) is 3.90. The Bertz CT molecular complexity index is 845. The number of rotatable bonds is 6. The lowest BCUT2D eigenvalue weighted by atomic mass is 10.1. The van der Waals surface area contributed by atoms with E-state index in [-0.39, 0.29) is 11.8 Å². The second-order valence-electron chi connectivity index (χ2n) is 7.21. The first kappa shape index (κ1) is 19.4. The molecule has 0 bridgehead atoms. The van der Waals surface area contributed by atoms with Crippen molar-refractivity contribution in [3.8, 4) is 0 Å². The Hall–Kier alpha value is -2.34. The molecular formula is C20H25ClN4O2. The fourth-order valence-corrected chi connectivity index (χ4v) is 3.38. The smallest absolute Gasteiger partial charge is 0.287 e. The summed E-state index contributed by atoms with van der Waals surface area (Å²) in [5.41, 5.74) is 1.66. The number of para-hydroxylation sites is 1. The molecule has 2 amide bonds. The van der Waals surface area contributed by atoms with Gasteiger partial charge in [0, 0.05) is 13.1 Å². The molecule has 7 heteroatoms. The number of imidazole rings is 1. The molecule has 2 N–H and O–H groups in total. The molecule has 0 atom stereocenters. The van der Waals surface area contributed by atoms with E-state index in [4.69, 9.17) is 11.6 Å². The average Bonchev–Trinajstić information content (AvgIpc) is 3.03. The van der Waals surface area contributed by atoms with E-state index in [1.54, 1.807) is 24.3 Å². The van der Waals surface area contributed by atoms with Gasteiger partial charge in [-0.25, -0.2) is 4.98 Å². The van der Waals surface area contributed by atoms with Crippen molar-refractivity contribution < 1.29 is 9.59 Å². The van der Waals surface area contributed by atoms with E-state index in [0.29, 0.717) is 41.2 Å². The molecule has 1 aromatic carbocycles. The van der Waals surface area contributed by atoms with Gasteiger partial charge in [-0.05, 0) is 43.7 Å². The van der Waals surface area contributed by atoms with Gasteiger partial charge in [-0.15, -0.1) is 0 Å². The molecule has 0 saturated heterocycles. The topological polar surface area (TPSA) is 76.0 Å². The normalized spacial score (nSPS) is 13.3. The summed E-state index contributed by atoms with van der Waals surface area (Å²) < 4.78 is 1.88. The lowest BCUT2D eigenvalue weighted by Gasteiger charge is -2.17. The molecule has 1 aliphatic heterocycles. The molecule has 3 rings (SSSR count). The van der Waals surface area contributed by atoms with Crippen LogP contribution in [0.2, 0.25) is 5.02 Å². The van der Waals surface area contributed by atoms with E-state index in [1.807, 2.05) is 4.57 Å². The third kappa shape index (κ3) is 4.50. The minimum absolute atomic E-state index is 0.226. The summed E-state index contributed by atoms with van der Waals surface area (Å²) in [4.78, 5) is 29.8. The highest BCUT2D eigenvalue weighted by atomic mass is 35.5. The van der Waals surface area contributed by atoms with E-state index in [2.05, 4.69) is 29.5 Å². The van der Waals surface area contributed by atoms with Crippen molar-refractivity contribution in [1.82, 2.24) is 14.9 Å². The van der Waals surface area contributed by atoms with Crippen LogP contribution in [0.15, 0.2) is 24.3 Å². The molecule has 2 heterocycles. The van der Waals surface area contributed by atoms with E-state index in [9.17, 15) is 9.59 Å². The van der Waals surface area contributed by atoms with Crippen LogP contribution < -0.4 is 10.6 Å². The number of hydrogen-bond donors (Lipinski definition) is 2. The maximum atomic E-state index is 12.8. The maximum Gasteiger partial charge on any atom is 0.287 e. The third-order valence-electron chi connectivity index (χ3n) is 4.67. The zero-order valence-corrected chi connectivity index (χ0v) is 16.5. The quantitative estimate of drug-likeness (QED) is 0.787. The minimum Gasteiger partial charge on any atom is -0.349 e. The molecular weight excluding hydrogens is 364 g/mol. The molecule has 6 nitrogen and oxygen atoms in total. The van der Waals surface area contributed by atoms with Gasteiger partial charge in [-0.3, -0.25) is 9.59 Å². The summed E-state index contributed by atoms with van der Waals surface area (Å²) in [6.07, 6.45) is 3.59. The molecule has 0 fully saturated rings. The van der Waals surface area contributed by atoms with E-state index < -0.39 is 0 Å². The number of carbonyl (C=O) groups is 2. The Balaban J connectivity index is 1.83. The predicted molar refractivity (Wildman–Crippen MR) is 106 cm³/mol. The fourth-order valence-electron chi connectivity index (χ4n) is 3.20. The zero-order chi connectivity index (χ0) is 19.4. The van der Waals surface area contributed by atoms with E-state index in [0.717, 1.165) is 31.4 Å². The molecule has 0 unspecified atom stereocenters. The number of benzene rings is 1. The largest absolute Gasteiger partial charge is 0.349 e. The van der Waals surface area contributed by atoms with Crippen LogP contribution >= 0.6 is 11.6 Å². The van der Waals surface area contributed by atoms with E-state index >= 15 is 0 Å². The van der Waals surface area contributed by atoms with Crippen LogP contribution in [0.3, 0.4) is 0 Å². The summed E-state index contributed by atoms with van der Waals surface area (Å²) >= 11 is 6.13. The van der Waals surface area contributed by atoms with Gasteiger partial charge in [0.15, 0.2) is 11.5 Å². The van der Waals surface area contributed by atoms with Gasteiger partial charge >= 0.3 is 0 Å². The van der Waals surface area contributed by atoms with Crippen molar-refractivity contribution in [2.24, 2.45) is 5.92 Å². The van der Waals surface area contributed by atoms with Crippen molar-refractivity contribution in [1.29, 1.82) is 0 Å². The van der Waals surface area contributed by atoms with E-state index in [1.165, 1.54) is 0 Å². The third-order valence-corrected chi connectivity index (χ3v) is 4.99. The first-order valence-corrected chi connectivity index (χ1v) is 9.78. The summed E-state index contributed by atoms with van der Waals surface area (Å²) in [5.74, 6) is 0.264. The lowest BCUT2D eigenvalue weighted by Crippen LogP contribution is -2.29. The van der Waals surface area contributed by atoms with Crippen LogP contribution in [0.1, 0.15) is 59.9 Å². The van der Waals surface area contributed by atoms with Crippen LogP contribution in [-0.2, 0) is 13.0 Å². The monoisotopic (exact) mass is 388 g/mol. The summed E-state index contributed by atoms with van der Waals surface area (Å²) in [7, 11) is 0. The molecule has 1 aliphatic rings. The standard InChI is InChI=1S/C20H25ClN4O2/c1-13(2)10-11-22-20(27)18-24-17(16-9-5-6-12-25(16)18)19(26)23-15-8-4-3-7-14(15)21/h3-4,7-8,13H,5-6,9-12H2,1-2H3,(H,22,27)(H,23,26). The van der Waals surface area contributed by atoms with Crippen LogP contribution in [0, 0.1) is 5.92 Å². The zero-order valence-electron chi connectivity index (χ0n) is 15.7. The van der Waals surface area contributed by atoms with Gasteiger partial charge < -0.3 is 15.2 Å². The molecule has 2 aromatic rings. The van der Waals surface area contributed by atoms with Crippen molar-refractivity contribution in [3.05, 3.63) is 46.5 Å². The second kappa shape index (κ2) is 8.57. The lowest BCUT2D eigenvalue weighted by molar-refractivity contribution is 0.0936. The first-order valence-electron chi connectivity index (χ1n) is 9.41. The van der Waals surface area contributed by atoms with Gasteiger partial charge in [0.25, 0.3) is 11.8 Å². The number of hydrogen-bond acceptors (Lipinski definition) is 3. The number of anilines is 1. The summed E-state index contributed by atoms with van der Waals surface area (Å²) in [5, 5.41) is 6.19.